The molecule has 2 atom stereocenters. The summed E-state index contributed by atoms with van der Waals surface area (Å²) in [5.74, 6) is -0.822. The number of urea groups is 1. The molecule has 0 aliphatic carbocycles. The van der Waals surface area contributed by atoms with Gasteiger partial charge in [-0.2, -0.15) is 0 Å². The molecule has 1 aromatic carbocycles. The minimum absolute atomic E-state index is 0.1000. The average Bonchev–Trinajstić information content (AvgIpc) is 2.73. The Kier molecular flexibility index (Phi) is 3.63. The number of piperidine rings is 1. The van der Waals surface area contributed by atoms with E-state index in [1.165, 1.54) is 18.2 Å². The summed E-state index contributed by atoms with van der Waals surface area (Å²) in [4.78, 5) is 27.1. The van der Waals surface area contributed by atoms with Crippen LogP contribution in [0, 0.1) is 5.82 Å². The Morgan fingerprint density at radius 1 is 1.29 bits per heavy atom. The van der Waals surface area contributed by atoms with Crippen LogP contribution >= 0.6 is 0 Å². The first kappa shape index (κ1) is 14.0. The Labute approximate surface area is 122 Å². The zero-order valence-electron chi connectivity index (χ0n) is 11.5. The number of β-amino-alcohol motifs (C(OH)–C–C–N with tert-alkyl or cyclic N) is 1. The largest absolute Gasteiger partial charge is 0.386 e. The molecule has 2 heterocycles. The zero-order chi connectivity index (χ0) is 15.0. The highest BCUT2D eigenvalue weighted by atomic mass is 19.1. The van der Waals surface area contributed by atoms with Crippen molar-refractivity contribution in [2.24, 2.45) is 0 Å². The molecule has 0 radical (unpaired) electrons. The highest BCUT2D eigenvalue weighted by Gasteiger charge is 2.46. The highest BCUT2D eigenvalue weighted by molar-refractivity contribution is 6.04. The molecule has 1 N–H and O–H groups in total. The van der Waals surface area contributed by atoms with Gasteiger partial charge < -0.3 is 10.0 Å². The number of aliphatic hydroxyl groups is 1. The lowest BCUT2D eigenvalue weighted by atomic mass is 10.0. The third-order valence-electron chi connectivity index (χ3n) is 4.15. The van der Waals surface area contributed by atoms with Crippen molar-refractivity contribution in [3.05, 3.63) is 35.6 Å². The quantitative estimate of drug-likeness (QED) is 0.862. The number of halogens is 1. The number of nitrogens with zero attached hydrogens (tertiary/aromatic N) is 2. The Morgan fingerprint density at radius 2 is 2.05 bits per heavy atom. The average molecular weight is 292 g/mol. The van der Waals surface area contributed by atoms with Crippen LogP contribution in [0.4, 0.5) is 9.18 Å². The molecule has 0 aromatic heterocycles. The summed E-state index contributed by atoms with van der Waals surface area (Å²) >= 11 is 0. The second kappa shape index (κ2) is 5.44. The fraction of sp³-hybridized carbons (Fsp3) is 0.467. The molecule has 6 heteroatoms. The van der Waals surface area contributed by atoms with Gasteiger partial charge in [0, 0.05) is 12.1 Å². The first-order valence-electron chi connectivity index (χ1n) is 7.14. The van der Waals surface area contributed by atoms with Crippen LogP contribution in [0.1, 0.15) is 30.9 Å². The lowest BCUT2D eigenvalue weighted by Gasteiger charge is -2.26. The predicted molar refractivity (Wildman–Crippen MR) is 72.8 cm³/mol. The van der Waals surface area contributed by atoms with Crippen LogP contribution in [-0.4, -0.2) is 46.0 Å². The van der Waals surface area contributed by atoms with E-state index in [1.54, 1.807) is 11.0 Å². The first-order valence-corrected chi connectivity index (χ1v) is 7.14. The van der Waals surface area contributed by atoms with Gasteiger partial charge in [-0.05, 0) is 25.3 Å². The number of carbonyl (C=O) groups excluding carboxylic acids is 2. The van der Waals surface area contributed by atoms with Crippen molar-refractivity contribution in [1.82, 2.24) is 9.80 Å². The summed E-state index contributed by atoms with van der Waals surface area (Å²) < 4.78 is 13.6. The van der Waals surface area contributed by atoms with Crippen molar-refractivity contribution >= 4 is 11.9 Å². The van der Waals surface area contributed by atoms with Crippen molar-refractivity contribution in [1.29, 1.82) is 0 Å². The van der Waals surface area contributed by atoms with E-state index in [4.69, 9.17) is 0 Å². The monoisotopic (exact) mass is 292 g/mol. The minimum atomic E-state index is -1.21. The molecule has 0 unspecified atom stereocenters. The van der Waals surface area contributed by atoms with Crippen LogP contribution in [0.2, 0.25) is 0 Å². The maximum absolute atomic E-state index is 13.6. The number of hydrogen-bond acceptors (Lipinski definition) is 3. The van der Waals surface area contributed by atoms with E-state index in [0.29, 0.717) is 13.0 Å². The Hall–Kier alpha value is -1.95. The van der Waals surface area contributed by atoms with Crippen LogP contribution in [0.3, 0.4) is 0 Å². The fourth-order valence-corrected chi connectivity index (χ4v) is 3.03. The first-order chi connectivity index (χ1) is 10.1. The number of carbonyl (C=O) groups is 2. The van der Waals surface area contributed by atoms with Crippen molar-refractivity contribution in [2.45, 2.75) is 31.4 Å². The predicted octanol–water partition coefficient (Wildman–Crippen LogP) is 1.68. The van der Waals surface area contributed by atoms with Crippen LogP contribution in [0.15, 0.2) is 24.3 Å². The van der Waals surface area contributed by atoms with Gasteiger partial charge in [-0.1, -0.05) is 18.2 Å². The van der Waals surface area contributed by atoms with E-state index >= 15 is 0 Å². The molecule has 21 heavy (non-hydrogen) atoms. The van der Waals surface area contributed by atoms with Gasteiger partial charge in [-0.25, -0.2) is 9.18 Å². The van der Waals surface area contributed by atoms with Crippen LogP contribution in [0.25, 0.3) is 0 Å². The molecule has 3 amide bonds. The summed E-state index contributed by atoms with van der Waals surface area (Å²) in [6.45, 7) is 0.368. The van der Waals surface area contributed by atoms with E-state index < -0.39 is 18.0 Å². The summed E-state index contributed by atoms with van der Waals surface area (Å²) in [5.41, 5.74) is 0.1000. The van der Waals surface area contributed by atoms with Gasteiger partial charge in [-0.15, -0.1) is 0 Å². The number of aliphatic hydroxyl groups excluding tert-OH is 1. The summed E-state index contributed by atoms with van der Waals surface area (Å²) in [7, 11) is 0. The second-order valence-electron chi connectivity index (χ2n) is 5.47. The molecule has 2 fully saturated rings. The molecule has 2 aliphatic rings. The number of fused-ring (bicyclic) bond motifs is 1. The molecule has 2 aliphatic heterocycles. The van der Waals surface area contributed by atoms with Gasteiger partial charge in [-0.3, -0.25) is 9.69 Å². The number of benzene rings is 1. The molecular weight excluding hydrogens is 275 g/mol. The SMILES string of the molecule is O=C1[C@H]2CCCCN2C(=O)N1C[C@H](O)c1ccccc1F. The number of amides is 3. The maximum Gasteiger partial charge on any atom is 0.327 e. The molecule has 5 nitrogen and oxygen atoms in total. The Bertz CT molecular complexity index is 554. The van der Waals surface area contributed by atoms with Gasteiger partial charge in [0.25, 0.3) is 5.91 Å². The van der Waals surface area contributed by atoms with Gasteiger partial charge in [0.05, 0.1) is 12.6 Å². The van der Waals surface area contributed by atoms with Gasteiger partial charge in [0.1, 0.15) is 11.9 Å². The summed E-state index contributed by atoms with van der Waals surface area (Å²) in [6, 6.07) is 5.06. The van der Waals surface area contributed by atoms with E-state index in [9.17, 15) is 19.1 Å². The smallest absolute Gasteiger partial charge is 0.327 e. The lowest BCUT2D eigenvalue weighted by Crippen LogP contribution is -2.39. The van der Waals surface area contributed by atoms with Crippen LogP contribution < -0.4 is 0 Å². The molecule has 3 rings (SSSR count). The molecule has 2 saturated heterocycles. The van der Waals surface area contributed by atoms with E-state index in [0.717, 1.165) is 17.7 Å². The summed E-state index contributed by atoms with van der Waals surface area (Å²) in [5, 5.41) is 10.1. The number of hydrogen-bond donors (Lipinski definition) is 1. The third kappa shape index (κ3) is 2.40. The molecule has 0 bridgehead atoms. The van der Waals surface area contributed by atoms with E-state index in [1.807, 2.05) is 0 Å². The minimum Gasteiger partial charge on any atom is -0.386 e. The lowest BCUT2D eigenvalue weighted by molar-refractivity contribution is -0.129. The topological polar surface area (TPSA) is 60.9 Å². The van der Waals surface area contributed by atoms with E-state index in [2.05, 4.69) is 0 Å². The maximum atomic E-state index is 13.6. The molecule has 0 saturated carbocycles. The van der Waals surface area contributed by atoms with Gasteiger partial charge in [0.2, 0.25) is 0 Å². The van der Waals surface area contributed by atoms with E-state index in [-0.39, 0.29) is 24.0 Å². The zero-order valence-corrected chi connectivity index (χ0v) is 11.5. The second-order valence-corrected chi connectivity index (χ2v) is 5.47. The van der Waals surface area contributed by atoms with Gasteiger partial charge >= 0.3 is 6.03 Å². The van der Waals surface area contributed by atoms with Crippen molar-refractivity contribution < 1.29 is 19.1 Å². The highest BCUT2D eigenvalue weighted by Crippen LogP contribution is 2.28. The number of rotatable bonds is 3. The molecule has 1 aromatic rings. The summed E-state index contributed by atoms with van der Waals surface area (Å²) in [6.07, 6.45) is 1.26. The van der Waals surface area contributed by atoms with Crippen LogP contribution in [-0.2, 0) is 4.79 Å². The molecule has 0 spiro atoms. The van der Waals surface area contributed by atoms with Crippen molar-refractivity contribution in [2.75, 3.05) is 13.1 Å². The van der Waals surface area contributed by atoms with Crippen molar-refractivity contribution in [3.8, 4) is 0 Å². The Balaban J connectivity index is 1.77. The Morgan fingerprint density at radius 3 is 2.76 bits per heavy atom. The normalized spacial score (nSPS) is 23.4. The number of imide groups is 1. The van der Waals surface area contributed by atoms with Gasteiger partial charge in [0.15, 0.2) is 0 Å². The van der Waals surface area contributed by atoms with Crippen LogP contribution in [0.5, 0.6) is 0 Å². The standard InChI is InChI=1S/C15H17FN2O3/c16-11-6-2-1-5-10(11)13(19)9-18-14(20)12-7-3-4-8-17(12)15(18)21/h1-2,5-6,12-13,19H,3-4,7-9H2/t12-,13+/m1/s1. The fourth-order valence-electron chi connectivity index (χ4n) is 3.03. The van der Waals surface area contributed by atoms with Crippen molar-refractivity contribution in [3.63, 3.8) is 0 Å². The molecular formula is C15H17FN2O3. The molecule has 112 valence electrons. The third-order valence-corrected chi connectivity index (χ3v) is 4.15.